The molecule has 2 amide bonds. The molecule has 0 saturated carbocycles. The molecule has 2 heterocycles. The first-order valence-corrected chi connectivity index (χ1v) is 10.2. The number of hydrogen-bond acceptors (Lipinski definition) is 5. The van der Waals surface area contributed by atoms with E-state index in [1.807, 2.05) is 84.9 Å². The fraction of sp³-hybridized carbons (Fsp3) is 0.200. The van der Waals surface area contributed by atoms with Crippen molar-refractivity contribution in [3.63, 3.8) is 0 Å². The zero-order valence-electron chi connectivity index (χ0n) is 17.0. The predicted molar refractivity (Wildman–Crippen MR) is 115 cm³/mol. The minimum atomic E-state index is -0.869. The van der Waals surface area contributed by atoms with Gasteiger partial charge in [0, 0.05) is 5.56 Å². The summed E-state index contributed by atoms with van der Waals surface area (Å²) in [5.41, 5.74) is 2.49. The molecule has 3 aromatic carbocycles. The molecule has 2 aliphatic heterocycles. The van der Waals surface area contributed by atoms with Gasteiger partial charge in [0.1, 0.15) is 11.7 Å². The van der Waals surface area contributed by atoms with Gasteiger partial charge in [-0.3, -0.25) is 19.3 Å². The summed E-state index contributed by atoms with van der Waals surface area (Å²) in [7, 11) is 1.60. The maximum atomic E-state index is 13.5. The highest BCUT2D eigenvalue weighted by molar-refractivity contribution is 6.07. The highest BCUT2D eigenvalue weighted by atomic mass is 16.7. The molecule has 0 radical (unpaired) electrons. The fourth-order valence-electron chi connectivity index (χ4n) is 4.42. The normalized spacial score (nSPS) is 22.7. The Morgan fingerprint density at radius 3 is 2.19 bits per heavy atom. The maximum Gasteiger partial charge on any atom is 0.262 e. The van der Waals surface area contributed by atoms with Gasteiger partial charge in [-0.05, 0) is 23.8 Å². The smallest absolute Gasteiger partial charge is 0.262 e. The Bertz CT molecular complexity index is 1100. The number of hydrogen-bond donors (Lipinski definition) is 0. The third-order valence-electron chi connectivity index (χ3n) is 5.86. The van der Waals surface area contributed by atoms with E-state index in [4.69, 9.17) is 9.57 Å². The lowest BCUT2D eigenvalue weighted by atomic mass is 9.90. The summed E-state index contributed by atoms with van der Waals surface area (Å²) in [4.78, 5) is 34.2. The summed E-state index contributed by atoms with van der Waals surface area (Å²) in [5, 5.41) is 1.68. The third kappa shape index (κ3) is 3.25. The molecule has 0 aromatic heterocycles. The van der Waals surface area contributed by atoms with Crippen LogP contribution in [-0.2, 0) is 21.0 Å². The summed E-state index contributed by atoms with van der Waals surface area (Å²) in [6, 6.07) is 26.1. The Hall–Kier alpha value is -3.64. The van der Waals surface area contributed by atoms with Crippen molar-refractivity contribution in [3.05, 3.63) is 96.1 Å². The average Bonchev–Trinajstić information content (AvgIpc) is 3.32. The number of nitrogens with zero attached hydrogens (tertiary/aromatic N) is 2. The van der Waals surface area contributed by atoms with Crippen molar-refractivity contribution in [1.82, 2.24) is 4.90 Å². The summed E-state index contributed by atoms with van der Waals surface area (Å²) >= 11 is 0. The van der Waals surface area contributed by atoms with Crippen LogP contribution >= 0.6 is 0 Å². The molecule has 0 bridgehead atoms. The van der Waals surface area contributed by atoms with Gasteiger partial charge >= 0.3 is 0 Å². The maximum absolute atomic E-state index is 13.5. The summed E-state index contributed by atoms with van der Waals surface area (Å²) in [6.07, 6.45) is -0.869. The highest BCUT2D eigenvalue weighted by Crippen LogP contribution is 2.48. The second kappa shape index (κ2) is 7.89. The van der Waals surface area contributed by atoms with Crippen LogP contribution in [0.2, 0.25) is 0 Å². The summed E-state index contributed by atoms with van der Waals surface area (Å²) in [6.45, 7) is 0.235. The molecule has 5 rings (SSSR count). The van der Waals surface area contributed by atoms with Crippen LogP contribution in [0.4, 0.5) is 5.69 Å². The van der Waals surface area contributed by atoms with E-state index in [0.717, 1.165) is 16.8 Å². The SMILES string of the molecule is COc1ccccc1[C@@H]1[C@H]2C(=O)N(Cc3ccccc3)C(=O)[C@H]2ON1c1ccccc1. The zero-order valence-corrected chi connectivity index (χ0v) is 17.0. The average molecular weight is 414 g/mol. The number of anilines is 1. The number of hydroxylamine groups is 1. The van der Waals surface area contributed by atoms with Crippen molar-refractivity contribution in [3.8, 4) is 5.75 Å². The van der Waals surface area contributed by atoms with Crippen molar-refractivity contribution in [2.24, 2.45) is 5.92 Å². The Labute approximate surface area is 180 Å². The van der Waals surface area contributed by atoms with Gasteiger partial charge in [-0.2, -0.15) is 0 Å². The first kappa shape index (κ1) is 19.3. The summed E-state index contributed by atoms with van der Waals surface area (Å²) in [5.74, 6) is -0.544. The van der Waals surface area contributed by atoms with E-state index in [1.165, 1.54) is 4.90 Å². The molecule has 2 saturated heterocycles. The number of methoxy groups -OCH3 is 1. The van der Waals surface area contributed by atoms with E-state index in [9.17, 15) is 9.59 Å². The minimum Gasteiger partial charge on any atom is -0.496 e. The third-order valence-corrected chi connectivity index (χ3v) is 5.86. The number of carbonyl (C=O) groups excluding carboxylic acids is 2. The minimum absolute atomic E-state index is 0.229. The first-order chi connectivity index (χ1) is 15.2. The van der Waals surface area contributed by atoms with Crippen LogP contribution in [0.5, 0.6) is 5.75 Å². The molecular formula is C25H22N2O4. The van der Waals surface area contributed by atoms with Gasteiger partial charge in [-0.1, -0.05) is 66.7 Å². The van der Waals surface area contributed by atoms with Crippen LogP contribution in [0.1, 0.15) is 17.2 Å². The van der Waals surface area contributed by atoms with Gasteiger partial charge in [0.2, 0.25) is 5.91 Å². The molecule has 0 spiro atoms. The van der Waals surface area contributed by atoms with Crippen LogP contribution in [0.3, 0.4) is 0 Å². The number of ether oxygens (including phenoxy) is 1. The molecule has 0 N–H and O–H groups in total. The lowest BCUT2D eigenvalue weighted by Gasteiger charge is -2.29. The van der Waals surface area contributed by atoms with E-state index < -0.39 is 18.1 Å². The molecule has 6 heteroatoms. The molecule has 0 unspecified atom stereocenters. The largest absolute Gasteiger partial charge is 0.496 e. The van der Waals surface area contributed by atoms with Crippen LogP contribution in [-0.4, -0.2) is 29.9 Å². The van der Waals surface area contributed by atoms with Crippen LogP contribution in [0.15, 0.2) is 84.9 Å². The Kier molecular flexibility index (Phi) is 4.92. The number of rotatable bonds is 5. The number of amides is 2. The molecule has 31 heavy (non-hydrogen) atoms. The van der Waals surface area contributed by atoms with Gasteiger partial charge in [-0.25, -0.2) is 5.06 Å². The lowest BCUT2D eigenvalue weighted by molar-refractivity contribution is -0.143. The number of likely N-dealkylation sites (tertiary alicyclic amines) is 1. The van der Waals surface area contributed by atoms with Crippen LogP contribution in [0.25, 0.3) is 0 Å². The monoisotopic (exact) mass is 414 g/mol. The van der Waals surface area contributed by atoms with E-state index in [2.05, 4.69) is 0 Å². The second-order valence-electron chi connectivity index (χ2n) is 7.65. The standard InChI is InChI=1S/C25H22N2O4/c1-30-20-15-9-8-14-19(20)22-21-23(31-27(22)18-12-6-3-7-13-18)25(29)26(24(21)28)16-17-10-4-2-5-11-17/h2-15,21-23H,16H2,1H3/t21-,22-,23+/m1/s1. The summed E-state index contributed by atoms with van der Waals surface area (Å²) < 4.78 is 5.58. The van der Waals surface area contributed by atoms with E-state index >= 15 is 0 Å². The van der Waals surface area contributed by atoms with Gasteiger partial charge < -0.3 is 4.74 Å². The van der Waals surface area contributed by atoms with E-state index in [-0.39, 0.29) is 18.4 Å². The molecule has 156 valence electrons. The number of carbonyl (C=O) groups is 2. The molecule has 3 atom stereocenters. The van der Waals surface area contributed by atoms with Gasteiger partial charge in [0.15, 0.2) is 6.10 Å². The second-order valence-corrected chi connectivity index (χ2v) is 7.65. The van der Waals surface area contributed by atoms with Gasteiger partial charge in [0.05, 0.1) is 25.4 Å². The Balaban J connectivity index is 1.56. The molecule has 0 aliphatic carbocycles. The number of benzene rings is 3. The van der Waals surface area contributed by atoms with Crippen molar-refractivity contribution in [2.75, 3.05) is 12.2 Å². The molecule has 2 aliphatic rings. The van der Waals surface area contributed by atoms with Crippen LogP contribution < -0.4 is 9.80 Å². The van der Waals surface area contributed by atoms with Crippen molar-refractivity contribution in [2.45, 2.75) is 18.7 Å². The molecule has 3 aromatic rings. The Morgan fingerprint density at radius 1 is 0.839 bits per heavy atom. The van der Waals surface area contributed by atoms with Crippen molar-refractivity contribution < 1.29 is 19.2 Å². The lowest BCUT2D eigenvalue weighted by Crippen LogP contribution is -2.37. The predicted octanol–water partition coefficient (Wildman–Crippen LogP) is 3.74. The fourth-order valence-corrected chi connectivity index (χ4v) is 4.42. The molecular weight excluding hydrogens is 392 g/mol. The first-order valence-electron chi connectivity index (χ1n) is 10.2. The van der Waals surface area contributed by atoms with E-state index in [1.54, 1.807) is 12.2 Å². The molecule has 2 fully saturated rings. The van der Waals surface area contributed by atoms with Crippen molar-refractivity contribution >= 4 is 17.5 Å². The molecule has 6 nitrogen and oxygen atoms in total. The quantitative estimate of drug-likeness (QED) is 0.596. The zero-order chi connectivity index (χ0) is 21.4. The topological polar surface area (TPSA) is 59.1 Å². The van der Waals surface area contributed by atoms with Gasteiger partial charge in [-0.15, -0.1) is 0 Å². The van der Waals surface area contributed by atoms with Crippen LogP contribution in [0, 0.1) is 5.92 Å². The van der Waals surface area contributed by atoms with E-state index in [0.29, 0.717) is 5.75 Å². The van der Waals surface area contributed by atoms with Crippen molar-refractivity contribution in [1.29, 1.82) is 0 Å². The number of imide groups is 1. The highest BCUT2D eigenvalue weighted by Gasteiger charge is 2.60. The number of para-hydroxylation sites is 2. The number of fused-ring (bicyclic) bond motifs is 1. The Morgan fingerprint density at radius 2 is 1.48 bits per heavy atom. The van der Waals surface area contributed by atoms with Gasteiger partial charge in [0.25, 0.3) is 5.91 Å².